The molecule has 0 N–H and O–H groups in total. The van der Waals surface area contributed by atoms with E-state index in [2.05, 4.69) is 0 Å². The zero-order valence-electron chi connectivity index (χ0n) is 11.1. The standard InChI is InChI=1S/C11H23O5PS/c1-3-15-17(12,16-4-2)10-18(13,14)11-8-6-5-7-9-11/h11H,3-10H2,1-2H3. The van der Waals surface area contributed by atoms with Crippen molar-refractivity contribution in [2.75, 3.05) is 18.7 Å². The van der Waals surface area contributed by atoms with Gasteiger partial charge in [-0.1, -0.05) is 19.3 Å². The molecule has 1 aliphatic rings. The zero-order chi connectivity index (χ0) is 13.6. The second-order valence-corrected chi connectivity index (χ2v) is 9.26. The highest BCUT2D eigenvalue weighted by molar-refractivity contribution is 7.98. The summed E-state index contributed by atoms with van der Waals surface area (Å²) in [6.45, 7) is 3.74. The average Bonchev–Trinajstić information content (AvgIpc) is 2.29. The van der Waals surface area contributed by atoms with E-state index in [4.69, 9.17) is 9.05 Å². The highest BCUT2D eigenvalue weighted by Gasteiger charge is 2.36. The minimum Gasteiger partial charge on any atom is -0.308 e. The largest absolute Gasteiger partial charge is 0.345 e. The Hall–Kier alpha value is 0.100. The molecule has 0 aromatic carbocycles. The first-order valence-corrected chi connectivity index (χ1v) is 9.97. The van der Waals surface area contributed by atoms with Crippen molar-refractivity contribution in [1.82, 2.24) is 0 Å². The van der Waals surface area contributed by atoms with Gasteiger partial charge in [-0.25, -0.2) is 8.42 Å². The maximum Gasteiger partial charge on any atom is 0.345 e. The first-order chi connectivity index (χ1) is 8.43. The van der Waals surface area contributed by atoms with Crippen LogP contribution in [-0.4, -0.2) is 32.4 Å². The molecule has 0 unspecified atom stereocenters. The van der Waals surface area contributed by atoms with E-state index >= 15 is 0 Å². The molecule has 5 nitrogen and oxygen atoms in total. The van der Waals surface area contributed by atoms with Crippen molar-refractivity contribution in [3.63, 3.8) is 0 Å². The SMILES string of the molecule is CCOP(=O)(CS(=O)(=O)C1CCCCC1)OCC. The number of hydrogen-bond donors (Lipinski definition) is 0. The van der Waals surface area contributed by atoms with Crippen LogP contribution in [0.2, 0.25) is 0 Å². The zero-order valence-corrected chi connectivity index (χ0v) is 12.8. The van der Waals surface area contributed by atoms with Gasteiger partial charge < -0.3 is 9.05 Å². The summed E-state index contributed by atoms with van der Waals surface area (Å²) < 4.78 is 46.8. The lowest BCUT2D eigenvalue weighted by Crippen LogP contribution is -2.27. The van der Waals surface area contributed by atoms with Crippen LogP contribution in [0.5, 0.6) is 0 Å². The van der Waals surface area contributed by atoms with Gasteiger partial charge in [0.25, 0.3) is 0 Å². The van der Waals surface area contributed by atoms with E-state index in [9.17, 15) is 13.0 Å². The molecule has 0 radical (unpaired) electrons. The van der Waals surface area contributed by atoms with E-state index in [-0.39, 0.29) is 18.5 Å². The Bertz CT molecular complexity index is 376. The molecule has 0 amide bonds. The Kier molecular flexibility index (Phi) is 6.31. The van der Waals surface area contributed by atoms with Gasteiger partial charge in [0.05, 0.1) is 18.5 Å². The van der Waals surface area contributed by atoms with Crippen molar-refractivity contribution in [1.29, 1.82) is 0 Å². The third kappa shape index (κ3) is 4.65. The quantitative estimate of drug-likeness (QED) is 0.676. The summed E-state index contributed by atoms with van der Waals surface area (Å²) in [6.07, 6.45) is 4.27. The lowest BCUT2D eigenvalue weighted by Gasteiger charge is -2.24. The third-order valence-corrected chi connectivity index (χ3v) is 8.54. The van der Waals surface area contributed by atoms with Gasteiger partial charge in [-0.05, 0) is 26.7 Å². The van der Waals surface area contributed by atoms with Crippen LogP contribution in [-0.2, 0) is 23.4 Å². The summed E-state index contributed by atoms with van der Waals surface area (Å²) in [5.74, 6) is 0. The number of hydrogen-bond acceptors (Lipinski definition) is 5. The molecule has 0 aliphatic heterocycles. The van der Waals surface area contributed by atoms with E-state index in [1.807, 2.05) is 0 Å². The number of sulfone groups is 1. The second-order valence-electron chi connectivity index (χ2n) is 4.50. The average molecular weight is 298 g/mol. The summed E-state index contributed by atoms with van der Waals surface area (Å²) >= 11 is 0. The fraction of sp³-hybridized carbons (Fsp3) is 1.00. The molecule has 0 spiro atoms. The normalized spacial score (nSPS) is 19.0. The van der Waals surface area contributed by atoms with Gasteiger partial charge in [0.15, 0.2) is 15.3 Å². The maximum atomic E-state index is 12.2. The van der Waals surface area contributed by atoms with Crippen LogP contribution in [0, 0.1) is 0 Å². The fourth-order valence-electron chi connectivity index (χ4n) is 2.26. The molecule has 1 fully saturated rings. The molecule has 7 heteroatoms. The molecular formula is C11H23O5PS. The summed E-state index contributed by atoms with van der Waals surface area (Å²) in [5.41, 5.74) is -0.480. The predicted molar refractivity (Wildman–Crippen MR) is 71.5 cm³/mol. The molecule has 0 heterocycles. The second kappa shape index (κ2) is 7.04. The van der Waals surface area contributed by atoms with E-state index in [0.717, 1.165) is 19.3 Å². The van der Waals surface area contributed by atoms with Gasteiger partial charge >= 0.3 is 7.60 Å². The molecule has 0 aromatic rings. The van der Waals surface area contributed by atoms with Crippen LogP contribution in [0.3, 0.4) is 0 Å². The summed E-state index contributed by atoms with van der Waals surface area (Å²) in [4.78, 5) is 0. The lowest BCUT2D eigenvalue weighted by molar-refractivity contribution is 0.223. The lowest BCUT2D eigenvalue weighted by atomic mass is 10.0. The van der Waals surface area contributed by atoms with Crippen LogP contribution in [0.1, 0.15) is 46.0 Å². The van der Waals surface area contributed by atoms with E-state index in [1.54, 1.807) is 13.8 Å². The van der Waals surface area contributed by atoms with Gasteiger partial charge in [-0.2, -0.15) is 0 Å². The molecule has 0 saturated heterocycles. The minimum absolute atomic E-state index is 0.192. The summed E-state index contributed by atoms with van der Waals surface area (Å²) in [6, 6.07) is 0. The van der Waals surface area contributed by atoms with Crippen LogP contribution < -0.4 is 0 Å². The van der Waals surface area contributed by atoms with Crippen LogP contribution in [0.25, 0.3) is 0 Å². The maximum absolute atomic E-state index is 12.2. The van der Waals surface area contributed by atoms with E-state index in [1.165, 1.54) is 0 Å². The molecule has 18 heavy (non-hydrogen) atoms. The van der Waals surface area contributed by atoms with Gasteiger partial charge in [-0.15, -0.1) is 0 Å². The Morgan fingerprint density at radius 3 is 2.00 bits per heavy atom. The highest BCUT2D eigenvalue weighted by Crippen LogP contribution is 2.50. The topological polar surface area (TPSA) is 69.7 Å². The third-order valence-electron chi connectivity index (χ3n) is 3.05. The Labute approximate surface area is 110 Å². The molecule has 0 atom stereocenters. The molecule has 108 valence electrons. The van der Waals surface area contributed by atoms with Crippen molar-refractivity contribution < 1.29 is 22.0 Å². The van der Waals surface area contributed by atoms with Crippen molar-refractivity contribution in [3.05, 3.63) is 0 Å². The van der Waals surface area contributed by atoms with Crippen molar-refractivity contribution >= 4 is 17.4 Å². The molecule has 1 rings (SSSR count). The first kappa shape index (κ1) is 16.2. The van der Waals surface area contributed by atoms with Gasteiger partial charge in [0.2, 0.25) is 0 Å². The Morgan fingerprint density at radius 2 is 1.56 bits per heavy atom. The molecule has 0 bridgehead atoms. The van der Waals surface area contributed by atoms with E-state index in [0.29, 0.717) is 12.8 Å². The summed E-state index contributed by atoms with van der Waals surface area (Å²) in [7, 11) is -6.89. The summed E-state index contributed by atoms with van der Waals surface area (Å²) in [5, 5.41) is -0.375. The van der Waals surface area contributed by atoms with Crippen LogP contribution >= 0.6 is 7.60 Å². The molecule has 0 aromatic heterocycles. The Balaban J connectivity index is 2.75. The molecule has 1 aliphatic carbocycles. The molecule has 1 saturated carbocycles. The highest BCUT2D eigenvalue weighted by atomic mass is 32.2. The van der Waals surface area contributed by atoms with E-state index < -0.39 is 22.9 Å². The Morgan fingerprint density at radius 1 is 1.06 bits per heavy atom. The monoisotopic (exact) mass is 298 g/mol. The van der Waals surface area contributed by atoms with Gasteiger partial charge in [-0.3, -0.25) is 4.57 Å². The van der Waals surface area contributed by atoms with Crippen molar-refractivity contribution in [2.45, 2.75) is 51.2 Å². The number of rotatable bonds is 7. The smallest absolute Gasteiger partial charge is 0.308 e. The van der Waals surface area contributed by atoms with Gasteiger partial charge in [0, 0.05) is 0 Å². The minimum atomic E-state index is -3.50. The van der Waals surface area contributed by atoms with Gasteiger partial charge in [0.1, 0.15) is 0 Å². The molecular weight excluding hydrogens is 275 g/mol. The fourth-order valence-corrected chi connectivity index (χ4v) is 7.37. The van der Waals surface area contributed by atoms with Crippen LogP contribution in [0.4, 0.5) is 0 Å². The first-order valence-electron chi connectivity index (χ1n) is 6.53. The van der Waals surface area contributed by atoms with Crippen molar-refractivity contribution in [2.24, 2.45) is 0 Å². The van der Waals surface area contributed by atoms with Crippen molar-refractivity contribution in [3.8, 4) is 0 Å². The van der Waals surface area contributed by atoms with Crippen LogP contribution in [0.15, 0.2) is 0 Å². The predicted octanol–water partition coefficient (Wildman–Crippen LogP) is 2.96.